The molecule has 0 aromatic rings. The summed E-state index contributed by atoms with van der Waals surface area (Å²) in [5.41, 5.74) is 0. The number of hydrogen-bond acceptors (Lipinski definition) is 3. The summed E-state index contributed by atoms with van der Waals surface area (Å²) in [6, 6.07) is 0.301. The van der Waals surface area contributed by atoms with Gasteiger partial charge in [-0.1, -0.05) is 26.7 Å². The molecule has 0 aliphatic carbocycles. The third kappa shape index (κ3) is 3.02. The van der Waals surface area contributed by atoms with Crippen LogP contribution < -0.4 is 5.32 Å². The van der Waals surface area contributed by atoms with E-state index in [1.54, 1.807) is 0 Å². The van der Waals surface area contributed by atoms with E-state index in [1.165, 1.54) is 0 Å². The number of carbonyl (C=O) groups excluding carboxylic acids is 2. The second-order valence-corrected chi connectivity index (χ2v) is 4.19. The largest absolute Gasteiger partial charge is 0.294 e. The molecule has 1 saturated heterocycles. The molecule has 1 rings (SSSR count). The molecule has 86 valence electrons. The molecule has 15 heavy (non-hydrogen) atoms. The number of rotatable bonds is 4. The Morgan fingerprint density at radius 1 is 1.20 bits per heavy atom. The predicted molar refractivity (Wildman–Crippen MR) is 58.3 cm³/mol. The maximum Gasteiger partial charge on any atom is 0.240 e. The lowest BCUT2D eigenvalue weighted by molar-refractivity contribution is -0.137. The molecule has 1 atom stereocenters. The van der Waals surface area contributed by atoms with Crippen molar-refractivity contribution in [3.63, 3.8) is 0 Å². The van der Waals surface area contributed by atoms with E-state index in [4.69, 9.17) is 0 Å². The third-order valence-electron chi connectivity index (χ3n) is 3.28. The van der Waals surface area contributed by atoms with Gasteiger partial charge in [0.2, 0.25) is 11.8 Å². The smallest absolute Gasteiger partial charge is 0.240 e. The van der Waals surface area contributed by atoms with Crippen molar-refractivity contribution in [3.05, 3.63) is 0 Å². The van der Waals surface area contributed by atoms with Gasteiger partial charge in [0, 0.05) is 6.04 Å². The Labute approximate surface area is 91.0 Å². The minimum Gasteiger partial charge on any atom is -0.294 e. The van der Waals surface area contributed by atoms with Gasteiger partial charge in [0.15, 0.2) is 0 Å². The second-order valence-electron chi connectivity index (χ2n) is 4.19. The zero-order chi connectivity index (χ0) is 11.4. The van der Waals surface area contributed by atoms with Gasteiger partial charge in [0.25, 0.3) is 0 Å². The zero-order valence-corrected chi connectivity index (χ0v) is 9.75. The molecule has 0 saturated carbocycles. The van der Waals surface area contributed by atoms with E-state index in [9.17, 15) is 9.59 Å². The number of amides is 2. The van der Waals surface area contributed by atoms with Crippen molar-refractivity contribution in [3.8, 4) is 0 Å². The summed E-state index contributed by atoms with van der Waals surface area (Å²) in [5.74, 6) is 0.205. The minimum atomic E-state index is -0.177. The average Bonchev–Trinajstić information content (AvgIpc) is 2.18. The van der Waals surface area contributed by atoms with Gasteiger partial charge in [0.05, 0.1) is 13.1 Å². The molecule has 1 unspecified atom stereocenters. The molecule has 1 aliphatic heterocycles. The second kappa shape index (κ2) is 5.26. The first-order chi connectivity index (χ1) is 7.08. The molecule has 4 nitrogen and oxygen atoms in total. The fourth-order valence-corrected chi connectivity index (χ4v) is 2.22. The van der Waals surface area contributed by atoms with Crippen LogP contribution in [0.2, 0.25) is 0 Å². The quantitative estimate of drug-likeness (QED) is 0.700. The normalized spacial score (nSPS) is 20.5. The van der Waals surface area contributed by atoms with Crippen LogP contribution in [-0.4, -0.2) is 35.8 Å². The summed E-state index contributed by atoms with van der Waals surface area (Å²) in [6.07, 6.45) is 2.17. The highest BCUT2D eigenvalue weighted by atomic mass is 16.2. The number of nitrogens with zero attached hydrogens (tertiary/aromatic N) is 1. The molecule has 1 heterocycles. The molecule has 1 aliphatic rings. The van der Waals surface area contributed by atoms with Crippen LogP contribution in [0.1, 0.15) is 33.6 Å². The molecule has 2 amide bonds. The number of carbonyl (C=O) groups is 2. The van der Waals surface area contributed by atoms with Crippen molar-refractivity contribution in [2.45, 2.75) is 39.7 Å². The Balaban J connectivity index is 2.61. The van der Waals surface area contributed by atoms with Crippen molar-refractivity contribution in [1.82, 2.24) is 10.2 Å². The van der Waals surface area contributed by atoms with Gasteiger partial charge in [-0.2, -0.15) is 0 Å². The Bertz CT molecular complexity index is 233. The van der Waals surface area contributed by atoms with Crippen LogP contribution in [-0.2, 0) is 9.59 Å². The topological polar surface area (TPSA) is 49.4 Å². The van der Waals surface area contributed by atoms with Crippen LogP contribution in [0.4, 0.5) is 0 Å². The van der Waals surface area contributed by atoms with E-state index >= 15 is 0 Å². The van der Waals surface area contributed by atoms with Gasteiger partial charge in [0.1, 0.15) is 0 Å². The summed E-state index contributed by atoms with van der Waals surface area (Å²) in [6.45, 7) is 7.10. The van der Waals surface area contributed by atoms with E-state index in [0.717, 1.165) is 12.8 Å². The maximum absolute atomic E-state index is 11.2. The first-order valence-corrected chi connectivity index (χ1v) is 5.65. The number of hydrogen-bond donors (Lipinski definition) is 1. The van der Waals surface area contributed by atoms with Crippen LogP contribution in [0.25, 0.3) is 0 Å². The zero-order valence-electron chi connectivity index (χ0n) is 9.75. The van der Waals surface area contributed by atoms with Crippen LogP contribution >= 0.6 is 0 Å². The Morgan fingerprint density at radius 3 is 2.07 bits per heavy atom. The molecule has 0 spiro atoms. The van der Waals surface area contributed by atoms with Gasteiger partial charge in [-0.25, -0.2) is 0 Å². The highest BCUT2D eigenvalue weighted by Gasteiger charge is 2.28. The molecule has 4 heteroatoms. The van der Waals surface area contributed by atoms with Crippen LogP contribution in [0.15, 0.2) is 0 Å². The highest BCUT2D eigenvalue weighted by Crippen LogP contribution is 2.18. The summed E-state index contributed by atoms with van der Waals surface area (Å²) in [4.78, 5) is 24.4. The molecule has 0 aromatic carbocycles. The molecular weight excluding hydrogens is 192 g/mol. The van der Waals surface area contributed by atoms with E-state index in [-0.39, 0.29) is 11.8 Å². The van der Waals surface area contributed by atoms with E-state index < -0.39 is 0 Å². The summed E-state index contributed by atoms with van der Waals surface area (Å²) < 4.78 is 0. The summed E-state index contributed by atoms with van der Waals surface area (Å²) in [7, 11) is 0. The van der Waals surface area contributed by atoms with E-state index in [2.05, 4.69) is 26.1 Å². The van der Waals surface area contributed by atoms with Gasteiger partial charge in [-0.3, -0.25) is 19.8 Å². The Kier molecular flexibility index (Phi) is 4.27. The molecule has 0 bridgehead atoms. The average molecular weight is 212 g/mol. The SMILES string of the molecule is CCC(CC)C(C)N1CC(=O)NC(=O)C1. The number of piperazine rings is 1. The first-order valence-electron chi connectivity index (χ1n) is 5.65. The highest BCUT2D eigenvalue weighted by molar-refractivity contribution is 5.99. The van der Waals surface area contributed by atoms with Gasteiger partial charge < -0.3 is 0 Å². The third-order valence-corrected chi connectivity index (χ3v) is 3.28. The van der Waals surface area contributed by atoms with Crippen molar-refractivity contribution < 1.29 is 9.59 Å². The predicted octanol–water partition coefficient (Wildman–Crippen LogP) is 0.769. The number of nitrogens with one attached hydrogen (secondary N) is 1. The Hall–Kier alpha value is -0.900. The lowest BCUT2D eigenvalue weighted by Crippen LogP contribution is -2.55. The number of imide groups is 1. The van der Waals surface area contributed by atoms with Crippen molar-refractivity contribution in [2.75, 3.05) is 13.1 Å². The van der Waals surface area contributed by atoms with Crippen molar-refractivity contribution >= 4 is 11.8 Å². The van der Waals surface area contributed by atoms with Gasteiger partial charge in [-0.05, 0) is 12.8 Å². The fourth-order valence-electron chi connectivity index (χ4n) is 2.22. The van der Waals surface area contributed by atoms with Crippen LogP contribution in [0.3, 0.4) is 0 Å². The molecule has 0 aromatic heterocycles. The summed E-state index contributed by atoms with van der Waals surface area (Å²) in [5, 5.41) is 2.32. The minimum absolute atomic E-state index is 0.177. The molecule has 1 N–H and O–H groups in total. The standard InChI is InChI=1S/C11H20N2O2/c1-4-9(5-2)8(3)13-6-10(14)12-11(15)7-13/h8-9H,4-7H2,1-3H3,(H,12,14,15). The Morgan fingerprint density at radius 2 is 1.67 bits per heavy atom. The summed E-state index contributed by atoms with van der Waals surface area (Å²) >= 11 is 0. The van der Waals surface area contributed by atoms with Crippen LogP contribution in [0, 0.1) is 5.92 Å². The van der Waals surface area contributed by atoms with Crippen molar-refractivity contribution in [1.29, 1.82) is 0 Å². The lowest BCUT2D eigenvalue weighted by atomic mass is 9.94. The molecule has 0 radical (unpaired) electrons. The first kappa shape index (κ1) is 12.2. The monoisotopic (exact) mass is 212 g/mol. The maximum atomic E-state index is 11.2. The van der Waals surface area contributed by atoms with E-state index in [0.29, 0.717) is 25.0 Å². The molecule has 1 fully saturated rings. The molecular formula is C11H20N2O2. The van der Waals surface area contributed by atoms with Gasteiger partial charge in [-0.15, -0.1) is 0 Å². The van der Waals surface area contributed by atoms with E-state index in [1.807, 2.05) is 4.90 Å². The van der Waals surface area contributed by atoms with Crippen LogP contribution in [0.5, 0.6) is 0 Å². The lowest BCUT2D eigenvalue weighted by Gasteiger charge is -2.35. The van der Waals surface area contributed by atoms with Gasteiger partial charge >= 0.3 is 0 Å². The van der Waals surface area contributed by atoms with Crippen molar-refractivity contribution in [2.24, 2.45) is 5.92 Å². The fraction of sp³-hybridized carbons (Fsp3) is 0.818.